The molecule has 19 heavy (non-hydrogen) atoms. The average Bonchev–Trinajstić information content (AvgIpc) is 2.27. The van der Waals surface area contributed by atoms with Gasteiger partial charge in [-0.1, -0.05) is 0 Å². The number of hydrogen-bond donors (Lipinski definition) is 1. The van der Waals surface area contributed by atoms with Gasteiger partial charge in [0.1, 0.15) is 0 Å². The van der Waals surface area contributed by atoms with Crippen LogP contribution in [0.2, 0.25) is 0 Å². The molecule has 0 spiro atoms. The summed E-state index contributed by atoms with van der Waals surface area (Å²) >= 11 is 0. The van der Waals surface area contributed by atoms with Gasteiger partial charge < -0.3 is 5.11 Å². The van der Waals surface area contributed by atoms with Gasteiger partial charge in [0.05, 0.1) is 0 Å². The second-order valence-corrected chi connectivity index (χ2v) is 7.03. The van der Waals surface area contributed by atoms with Gasteiger partial charge in [0.25, 0.3) is 10.2 Å². The molecule has 1 fully saturated rings. The molecule has 0 bridgehead atoms. The lowest BCUT2D eigenvalue weighted by atomic mass is 9.92. The molecule has 5 nitrogen and oxygen atoms in total. The van der Waals surface area contributed by atoms with Crippen molar-refractivity contribution in [2.75, 3.05) is 20.1 Å². The Labute approximate surface area is 111 Å². The van der Waals surface area contributed by atoms with Crippen molar-refractivity contribution < 1.29 is 26.7 Å². The van der Waals surface area contributed by atoms with Crippen LogP contribution in [0.5, 0.6) is 0 Å². The summed E-state index contributed by atoms with van der Waals surface area (Å²) in [7, 11) is -2.39. The summed E-state index contributed by atoms with van der Waals surface area (Å²) in [5, 5.41) is 9.48. The smallest absolute Gasteiger partial charge is 0.380 e. The van der Waals surface area contributed by atoms with E-state index in [4.69, 9.17) is 0 Å². The van der Waals surface area contributed by atoms with Gasteiger partial charge in [0, 0.05) is 26.2 Å². The highest BCUT2D eigenvalue weighted by Gasteiger charge is 2.55. The highest BCUT2D eigenvalue weighted by molar-refractivity contribution is 7.86. The van der Waals surface area contributed by atoms with Crippen LogP contribution in [0.25, 0.3) is 0 Å². The zero-order valence-corrected chi connectivity index (χ0v) is 11.9. The van der Waals surface area contributed by atoms with E-state index in [0.29, 0.717) is 0 Å². The first kappa shape index (κ1) is 16.7. The fourth-order valence-corrected chi connectivity index (χ4v) is 3.36. The topological polar surface area (TPSA) is 60.9 Å². The minimum absolute atomic E-state index is 0.284. The summed E-state index contributed by atoms with van der Waals surface area (Å²) in [5.41, 5.74) is -2.78. The normalized spacial score (nSPS) is 22.2. The van der Waals surface area contributed by atoms with Crippen LogP contribution in [0.4, 0.5) is 13.2 Å². The van der Waals surface area contributed by atoms with Crippen LogP contribution in [0, 0.1) is 0 Å². The van der Waals surface area contributed by atoms with Gasteiger partial charge in [-0.3, -0.25) is 0 Å². The van der Waals surface area contributed by atoms with Crippen LogP contribution in [-0.4, -0.2) is 60.1 Å². The number of rotatable bonds is 3. The predicted octanol–water partition coefficient (Wildman–Crippen LogP) is 0.961. The van der Waals surface area contributed by atoms with Crippen LogP contribution in [0.1, 0.15) is 26.7 Å². The van der Waals surface area contributed by atoms with E-state index in [0.717, 1.165) is 8.61 Å². The molecule has 1 rings (SSSR count). The minimum Gasteiger partial charge on any atom is -0.380 e. The van der Waals surface area contributed by atoms with Gasteiger partial charge in [0.2, 0.25) is 0 Å². The molecule has 1 saturated heterocycles. The molecule has 9 heteroatoms. The second-order valence-electron chi connectivity index (χ2n) is 5.05. The molecular formula is C10H19F3N2O3S. The van der Waals surface area contributed by atoms with Crippen molar-refractivity contribution in [2.45, 2.75) is 44.5 Å². The Morgan fingerprint density at radius 3 is 2.00 bits per heavy atom. The Kier molecular flexibility index (Phi) is 4.56. The lowest BCUT2D eigenvalue weighted by Crippen LogP contribution is -2.56. The zero-order valence-electron chi connectivity index (χ0n) is 11.1. The van der Waals surface area contributed by atoms with E-state index in [9.17, 15) is 26.7 Å². The number of piperidine rings is 1. The van der Waals surface area contributed by atoms with Crippen LogP contribution < -0.4 is 0 Å². The molecule has 1 aliphatic rings. The maximum atomic E-state index is 12.6. The standard InChI is InChI=1S/C10H19F3N2O3S/c1-8(2)14(3)19(17,18)15-6-4-9(16,5-7-15)10(11,12)13/h8,16H,4-7H2,1-3H3. The summed E-state index contributed by atoms with van der Waals surface area (Å²) in [6, 6.07) is -0.284. The predicted molar refractivity (Wildman–Crippen MR) is 63.6 cm³/mol. The summed E-state index contributed by atoms with van der Waals surface area (Å²) in [4.78, 5) is 0. The van der Waals surface area contributed by atoms with Crippen LogP contribution in [0.3, 0.4) is 0 Å². The van der Waals surface area contributed by atoms with Crippen molar-refractivity contribution in [3.63, 3.8) is 0 Å². The van der Waals surface area contributed by atoms with Crippen LogP contribution in [-0.2, 0) is 10.2 Å². The summed E-state index contributed by atoms with van der Waals surface area (Å²) in [6.07, 6.45) is -6.00. The molecule has 0 radical (unpaired) electrons. The van der Waals surface area contributed by atoms with E-state index >= 15 is 0 Å². The summed E-state index contributed by atoms with van der Waals surface area (Å²) in [5.74, 6) is 0. The van der Waals surface area contributed by atoms with E-state index in [-0.39, 0.29) is 19.1 Å². The molecule has 0 unspecified atom stereocenters. The maximum Gasteiger partial charge on any atom is 0.417 e. The van der Waals surface area contributed by atoms with E-state index in [1.165, 1.54) is 7.05 Å². The van der Waals surface area contributed by atoms with Gasteiger partial charge >= 0.3 is 6.18 Å². The quantitative estimate of drug-likeness (QED) is 0.845. The summed E-state index contributed by atoms with van der Waals surface area (Å²) in [6.45, 7) is 2.67. The average molecular weight is 304 g/mol. The zero-order chi connectivity index (χ0) is 15.1. The highest BCUT2D eigenvalue weighted by Crippen LogP contribution is 2.39. The third-order valence-corrected chi connectivity index (χ3v) is 5.66. The fraction of sp³-hybridized carbons (Fsp3) is 1.00. The SMILES string of the molecule is CC(C)N(C)S(=O)(=O)N1CCC(O)(C(F)(F)F)CC1. The molecule has 1 N–H and O–H groups in total. The first-order valence-corrected chi connectivity index (χ1v) is 7.34. The Morgan fingerprint density at radius 2 is 1.68 bits per heavy atom. The van der Waals surface area contributed by atoms with Crippen molar-refractivity contribution in [3.8, 4) is 0 Å². The van der Waals surface area contributed by atoms with Gasteiger partial charge in [-0.05, 0) is 26.7 Å². The Morgan fingerprint density at radius 1 is 1.26 bits per heavy atom. The highest BCUT2D eigenvalue weighted by atomic mass is 32.2. The molecule has 0 aromatic heterocycles. The van der Waals surface area contributed by atoms with Crippen molar-refractivity contribution in [1.82, 2.24) is 8.61 Å². The third-order valence-electron chi connectivity index (χ3n) is 3.49. The molecule has 1 aliphatic heterocycles. The molecule has 0 aromatic rings. The number of alkyl halides is 3. The van der Waals surface area contributed by atoms with Crippen molar-refractivity contribution in [1.29, 1.82) is 0 Å². The number of hydrogen-bond acceptors (Lipinski definition) is 3. The second kappa shape index (κ2) is 5.19. The molecule has 0 aliphatic carbocycles. The molecule has 0 aromatic carbocycles. The van der Waals surface area contributed by atoms with E-state index < -0.39 is 34.8 Å². The van der Waals surface area contributed by atoms with Gasteiger partial charge in [-0.15, -0.1) is 0 Å². The third kappa shape index (κ3) is 3.21. The monoisotopic (exact) mass is 304 g/mol. The molecule has 0 saturated carbocycles. The van der Waals surface area contributed by atoms with E-state index in [2.05, 4.69) is 0 Å². The largest absolute Gasteiger partial charge is 0.417 e. The lowest BCUT2D eigenvalue weighted by molar-refractivity contribution is -0.270. The molecule has 0 atom stereocenters. The molecule has 1 heterocycles. The number of nitrogens with zero attached hydrogens (tertiary/aromatic N) is 2. The van der Waals surface area contributed by atoms with Crippen molar-refractivity contribution >= 4 is 10.2 Å². The molecule has 114 valence electrons. The fourth-order valence-electron chi connectivity index (χ4n) is 1.82. The van der Waals surface area contributed by atoms with Crippen molar-refractivity contribution in [2.24, 2.45) is 0 Å². The lowest BCUT2D eigenvalue weighted by Gasteiger charge is -2.40. The van der Waals surface area contributed by atoms with Gasteiger partial charge in [-0.25, -0.2) is 0 Å². The van der Waals surface area contributed by atoms with Crippen LogP contribution >= 0.6 is 0 Å². The Hall–Kier alpha value is -0.380. The maximum absolute atomic E-state index is 12.6. The van der Waals surface area contributed by atoms with Gasteiger partial charge in [-0.2, -0.15) is 30.2 Å². The first-order valence-electron chi connectivity index (χ1n) is 5.94. The Balaban J connectivity index is 2.80. The summed E-state index contributed by atoms with van der Waals surface area (Å²) < 4.78 is 64.1. The van der Waals surface area contributed by atoms with E-state index in [1.807, 2.05) is 0 Å². The Bertz CT molecular complexity index is 414. The molecular weight excluding hydrogens is 285 g/mol. The number of halogens is 3. The van der Waals surface area contributed by atoms with Crippen molar-refractivity contribution in [3.05, 3.63) is 0 Å². The van der Waals surface area contributed by atoms with E-state index in [1.54, 1.807) is 13.8 Å². The number of aliphatic hydroxyl groups is 1. The first-order chi connectivity index (χ1) is 8.42. The minimum atomic E-state index is -4.73. The van der Waals surface area contributed by atoms with Crippen LogP contribution in [0.15, 0.2) is 0 Å². The molecule has 0 amide bonds. The van der Waals surface area contributed by atoms with Gasteiger partial charge in [0.15, 0.2) is 5.60 Å².